The van der Waals surface area contributed by atoms with Crippen molar-refractivity contribution in [2.24, 2.45) is 5.41 Å². The smallest absolute Gasteiger partial charge is 0.0933 e. The van der Waals surface area contributed by atoms with E-state index in [2.05, 4.69) is 45.0 Å². The van der Waals surface area contributed by atoms with E-state index in [1.54, 1.807) is 0 Å². The van der Waals surface area contributed by atoms with Crippen molar-refractivity contribution in [3.8, 4) is 0 Å². The highest BCUT2D eigenvalue weighted by molar-refractivity contribution is 7.09. The van der Waals surface area contributed by atoms with E-state index in [0.717, 1.165) is 6.42 Å². The molecular formula is C12H21NS. The summed E-state index contributed by atoms with van der Waals surface area (Å²) in [5.41, 5.74) is 1.63. The zero-order valence-electron chi connectivity index (χ0n) is 9.92. The molecule has 0 bridgehead atoms. The lowest BCUT2D eigenvalue weighted by atomic mass is 9.93. The second-order valence-corrected chi connectivity index (χ2v) is 6.16. The molecule has 0 aliphatic heterocycles. The maximum absolute atomic E-state index is 4.68. The van der Waals surface area contributed by atoms with Gasteiger partial charge < -0.3 is 0 Å². The topological polar surface area (TPSA) is 12.9 Å². The van der Waals surface area contributed by atoms with Crippen LogP contribution < -0.4 is 0 Å². The summed E-state index contributed by atoms with van der Waals surface area (Å²) in [7, 11) is 0. The van der Waals surface area contributed by atoms with Gasteiger partial charge in [0.2, 0.25) is 0 Å². The third kappa shape index (κ3) is 3.41. The van der Waals surface area contributed by atoms with Gasteiger partial charge in [0.05, 0.1) is 10.7 Å². The first kappa shape index (κ1) is 11.7. The highest BCUT2D eigenvalue weighted by Crippen LogP contribution is 2.26. The molecule has 1 rings (SSSR count). The summed E-state index contributed by atoms with van der Waals surface area (Å²) in [6.07, 6.45) is 2.27. The van der Waals surface area contributed by atoms with Crippen LogP contribution in [-0.4, -0.2) is 4.98 Å². The Labute approximate surface area is 91.6 Å². The Morgan fingerprint density at radius 1 is 1.43 bits per heavy atom. The predicted octanol–water partition coefficient (Wildman–Crippen LogP) is 4.25. The van der Waals surface area contributed by atoms with Gasteiger partial charge in [-0.3, -0.25) is 0 Å². The summed E-state index contributed by atoms with van der Waals surface area (Å²) < 4.78 is 0. The number of nitrogens with zero attached hydrogens (tertiary/aromatic N) is 1. The number of hydrogen-bond donors (Lipinski definition) is 0. The van der Waals surface area contributed by atoms with Crippen molar-refractivity contribution in [3.05, 3.63) is 16.1 Å². The number of aromatic nitrogens is 1. The van der Waals surface area contributed by atoms with Gasteiger partial charge in [-0.1, -0.05) is 34.6 Å². The van der Waals surface area contributed by atoms with Crippen LogP contribution in [0.3, 0.4) is 0 Å². The molecule has 0 saturated heterocycles. The van der Waals surface area contributed by atoms with Crippen molar-refractivity contribution in [3.63, 3.8) is 0 Å². The minimum atomic E-state index is 0.352. The Morgan fingerprint density at radius 2 is 2.07 bits per heavy atom. The Kier molecular flexibility index (Phi) is 3.71. The van der Waals surface area contributed by atoms with Gasteiger partial charge in [-0.25, -0.2) is 4.98 Å². The van der Waals surface area contributed by atoms with Crippen molar-refractivity contribution in [1.82, 2.24) is 4.98 Å². The molecule has 1 nitrogen and oxygen atoms in total. The maximum atomic E-state index is 4.68. The number of rotatable bonds is 3. The minimum absolute atomic E-state index is 0.352. The molecule has 14 heavy (non-hydrogen) atoms. The fourth-order valence-corrected chi connectivity index (χ4v) is 2.51. The molecule has 1 aromatic rings. The SMILES string of the molecule is CCC(C)c1csc(CC(C)(C)C)n1. The normalized spacial score (nSPS) is 14.4. The van der Waals surface area contributed by atoms with Gasteiger partial charge in [-0.05, 0) is 17.8 Å². The first-order chi connectivity index (χ1) is 6.42. The summed E-state index contributed by atoms with van der Waals surface area (Å²) in [6.45, 7) is 11.2. The highest BCUT2D eigenvalue weighted by atomic mass is 32.1. The monoisotopic (exact) mass is 211 g/mol. The summed E-state index contributed by atoms with van der Waals surface area (Å²) in [4.78, 5) is 4.68. The van der Waals surface area contributed by atoms with E-state index in [9.17, 15) is 0 Å². The third-order valence-corrected chi connectivity index (χ3v) is 3.24. The molecule has 1 heterocycles. The van der Waals surface area contributed by atoms with E-state index in [-0.39, 0.29) is 0 Å². The second-order valence-electron chi connectivity index (χ2n) is 5.21. The van der Waals surface area contributed by atoms with Crippen molar-refractivity contribution in [2.45, 2.75) is 53.4 Å². The molecule has 0 N–H and O–H groups in total. The van der Waals surface area contributed by atoms with Crippen LogP contribution in [0.25, 0.3) is 0 Å². The van der Waals surface area contributed by atoms with Crippen LogP contribution >= 0.6 is 11.3 Å². The lowest BCUT2D eigenvalue weighted by Crippen LogP contribution is -2.09. The van der Waals surface area contributed by atoms with E-state index in [1.165, 1.54) is 17.1 Å². The molecule has 0 spiro atoms. The van der Waals surface area contributed by atoms with Gasteiger partial charge in [0.15, 0.2) is 0 Å². The minimum Gasteiger partial charge on any atom is -0.246 e. The third-order valence-electron chi connectivity index (χ3n) is 2.37. The molecule has 0 aliphatic rings. The van der Waals surface area contributed by atoms with Crippen LogP contribution in [0.5, 0.6) is 0 Å². The van der Waals surface area contributed by atoms with Gasteiger partial charge in [-0.2, -0.15) is 0 Å². The molecule has 1 atom stereocenters. The van der Waals surface area contributed by atoms with Gasteiger partial charge in [0.25, 0.3) is 0 Å². The van der Waals surface area contributed by atoms with Crippen LogP contribution in [-0.2, 0) is 6.42 Å². The molecule has 0 amide bonds. The standard InChI is InChI=1S/C12H21NS/c1-6-9(2)10-8-14-11(13-10)7-12(3,4)5/h8-9H,6-7H2,1-5H3. The molecule has 0 aromatic carbocycles. The average Bonchev–Trinajstić information content (AvgIpc) is 2.48. The summed E-state index contributed by atoms with van der Waals surface area (Å²) in [5.74, 6) is 0.611. The molecule has 0 fully saturated rings. The lowest BCUT2D eigenvalue weighted by Gasteiger charge is -2.15. The van der Waals surface area contributed by atoms with E-state index in [0.29, 0.717) is 11.3 Å². The zero-order valence-corrected chi connectivity index (χ0v) is 10.7. The van der Waals surface area contributed by atoms with E-state index < -0.39 is 0 Å². The summed E-state index contributed by atoms with van der Waals surface area (Å²) >= 11 is 1.81. The second kappa shape index (κ2) is 4.43. The molecule has 2 heteroatoms. The zero-order chi connectivity index (χ0) is 10.8. The van der Waals surface area contributed by atoms with E-state index >= 15 is 0 Å². The largest absolute Gasteiger partial charge is 0.246 e. The van der Waals surface area contributed by atoms with Crippen molar-refractivity contribution in [2.75, 3.05) is 0 Å². The van der Waals surface area contributed by atoms with Gasteiger partial charge in [0.1, 0.15) is 0 Å². The summed E-state index contributed by atoms with van der Waals surface area (Å²) in [6, 6.07) is 0. The lowest BCUT2D eigenvalue weighted by molar-refractivity contribution is 0.410. The highest BCUT2D eigenvalue weighted by Gasteiger charge is 2.15. The van der Waals surface area contributed by atoms with Gasteiger partial charge in [-0.15, -0.1) is 11.3 Å². The quantitative estimate of drug-likeness (QED) is 0.728. The van der Waals surface area contributed by atoms with Crippen LogP contribution in [0.1, 0.15) is 57.7 Å². The van der Waals surface area contributed by atoms with Crippen molar-refractivity contribution < 1.29 is 0 Å². The molecule has 0 aliphatic carbocycles. The van der Waals surface area contributed by atoms with Crippen LogP contribution in [0.4, 0.5) is 0 Å². The first-order valence-corrected chi connectivity index (χ1v) is 6.24. The molecule has 1 unspecified atom stereocenters. The van der Waals surface area contributed by atoms with Gasteiger partial charge >= 0.3 is 0 Å². The van der Waals surface area contributed by atoms with Crippen LogP contribution in [0.15, 0.2) is 5.38 Å². The summed E-state index contributed by atoms with van der Waals surface area (Å²) in [5, 5.41) is 3.50. The van der Waals surface area contributed by atoms with Crippen LogP contribution in [0, 0.1) is 5.41 Å². The molecule has 1 aromatic heterocycles. The molecule has 0 saturated carbocycles. The fraction of sp³-hybridized carbons (Fsp3) is 0.750. The number of hydrogen-bond acceptors (Lipinski definition) is 2. The molecule has 80 valence electrons. The van der Waals surface area contributed by atoms with Gasteiger partial charge in [0, 0.05) is 11.8 Å². The Balaban J connectivity index is 2.69. The van der Waals surface area contributed by atoms with E-state index in [1.807, 2.05) is 11.3 Å². The fourth-order valence-electron chi connectivity index (χ4n) is 1.30. The molecular weight excluding hydrogens is 190 g/mol. The maximum Gasteiger partial charge on any atom is 0.0933 e. The number of thiazole rings is 1. The van der Waals surface area contributed by atoms with E-state index in [4.69, 9.17) is 0 Å². The molecule has 0 radical (unpaired) electrons. The first-order valence-electron chi connectivity index (χ1n) is 5.36. The Morgan fingerprint density at radius 3 is 2.57 bits per heavy atom. The Bertz CT molecular complexity index is 283. The van der Waals surface area contributed by atoms with Crippen molar-refractivity contribution in [1.29, 1.82) is 0 Å². The Hall–Kier alpha value is -0.370. The van der Waals surface area contributed by atoms with Crippen molar-refractivity contribution >= 4 is 11.3 Å². The van der Waals surface area contributed by atoms with Crippen LogP contribution in [0.2, 0.25) is 0 Å². The predicted molar refractivity (Wildman–Crippen MR) is 64.0 cm³/mol. The average molecular weight is 211 g/mol.